The molecule has 4 aromatic rings. The Morgan fingerprint density at radius 3 is 2.26 bits per heavy atom. The van der Waals surface area contributed by atoms with E-state index in [4.69, 9.17) is 0 Å². The molecule has 1 amide bonds. The Bertz CT molecular complexity index is 1250. The van der Waals surface area contributed by atoms with Gasteiger partial charge in [0.05, 0.1) is 0 Å². The molecule has 0 saturated carbocycles. The van der Waals surface area contributed by atoms with Gasteiger partial charge in [-0.15, -0.1) is 0 Å². The van der Waals surface area contributed by atoms with Crippen LogP contribution in [0, 0.1) is 13.8 Å². The number of aryl methyl sites for hydroxylation is 1. The summed E-state index contributed by atoms with van der Waals surface area (Å²) in [7, 11) is 0. The maximum absolute atomic E-state index is 12.4. The first-order valence-corrected chi connectivity index (χ1v) is 10.2. The molecule has 0 fully saturated rings. The number of amides is 1. The van der Waals surface area contributed by atoms with Gasteiger partial charge in [0.25, 0.3) is 5.91 Å². The minimum Gasteiger partial charge on any atom is -0.480 e. The molecule has 0 aliphatic rings. The van der Waals surface area contributed by atoms with Crippen molar-refractivity contribution in [1.29, 1.82) is 0 Å². The molecule has 1 heterocycles. The highest BCUT2D eigenvalue weighted by molar-refractivity contribution is 6.04. The SMILES string of the molecule is Cc1ccc(C(=O)Nc2ccc(Cc3c(C)n(CC(=O)O)c4ccccc34)cc2)cc1. The van der Waals surface area contributed by atoms with E-state index in [-0.39, 0.29) is 12.5 Å². The molecule has 5 heteroatoms. The van der Waals surface area contributed by atoms with Crippen LogP contribution in [-0.2, 0) is 17.8 Å². The lowest BCUT2D eigenvalue weighted by atomic mass is 10.0. The number of benzene rings is 3. The number of hydrogen-bond donors (Lipinski definition) is 2. The Balaban J connectivity index is 1.55. The molecule has 0 spiro atoms. The summed E-state index contributed by atoms with van der Waals surface area (Å²) in [5, 5.41) is 13.3. The second kappa shape index (κ2) is 8.48. The van der Waals surface area contributed by atoms with E-state index in [1.807, 2.05) is 91.2 Å². The average Bonchev–Trinajstić information content (AvgIpc) is 3.01. The van der Waals surface area contributed by atoms with Crippen molar-refractivity contribution in [3.8, 4) is 0 Å². The van der Waals surface area contributed by atoms with Crippen molar-refractivity contribution in [2.75, 3.05) is 5.32 Å². The Hall–Kier alpha value is -3.86. The fourth-order valence-electron chi connectivity index (χ4n) is 3.88. The summed E-state index contributed by atoms with van der Waals surface area (Å²) in [6.45, 7) is 3.89. The third-order valence-electron chi connectivity index (χ3n) is 5.56. The van der Waals surface area contributed by atoms with Crippen molar-refractivity contribution in [2.45, 2.75) is 26.8 Å². The number of carbonyl (C=O) groups excluding carboxylic acids is 1. The van der Waals surface area contributed by atoms with Crippen LogP contribution in [0.25, 0.3) is 10.9 Å². The standard InChI is InChI=1S/C26H24N2O3/c1-17-7-11-20(12-8-17)26(31)27-21-13-9-19(10-14-21)15-23-18(2)28(16-25(29)30)24-6-4-3-5-22(23)24/h3-14H,15-16H2,1-2H3,(H,27,31)(H,29,30). The van der Waals surface area contributed by atoms with Gasteiger partial charge in [0, 0.05) is 27.8 Å². The van der Waals surface area contributed by atoms with Gasteiger partial charge in [-0.05, 0) is 61.7 Å². The van der Waals surface area contributed by atoms with Crippen LogP contribution in [0.5, 0.6) is 0 Å². The van der Waals surface area contributed by atoms with E-state index in [0.29, 0.717) is 12.0 Å². The Kier molecular flexibility index (Phi) is 5.58. The van der Waals surface area contributed by atoms with E-state index in [1.54, 1.807) is 0 Å². The molecule has 0 aliphatic heterocycles. The van der Waals surface area contributed by atoms with E-state index in [2.05, 4.69) is 5.32 Å². The highest BCUT2D eigenvalue weighted by Gasteiger charge is 2.16. The van der Waals surface area contributed by atoms with Gasteiger partial charge in [0.2, 0.25) is 0 Å². The first-order valence-electron chi connectivity index (χ1n) is 10.2. The van der Waals surface area contributed by atoms with Crippen LogP contribution in [0.2, 0.25) is 0 Å². The van der Waals surface area contributed by atoms with Crippen LogP contribution >= 0.6 is 0 Å². The summed E-state index contributed by atoms with van der Waals surface area (Å²) in [5.74, 6) is -0.996. The van der Waals surface area contributed by atoms with Crippen molar-refractivity contribution >= 4 is 28.5 Å². The molecule has 1 aromatic heterocycles. The summed E-state index contributed by atoms with van der Waals surface area (Å²) in [6, 6.07) is 23.1. The molecule has 31 heavy (non-hydrogen) atoms. The van der Waals surface area contributed by atoms with E-state index in [9.17, 15) is 14.7 Å². The number of aromatic nitrogens is 1. The molecule has 4 rings (SSSR count). The summed E-state index contributed by atoms with van der Waals surface area (Å²) in [4.78, 5) is 23.7. The molecule has 156 valence electrons. The number of para-hydroxylation sites is 1. The monoisotopic (exact) mass is 412 g/mol. The Morgan fingerprint density at radius 1 is 0.903 bits per heavy atom. The van der Waals surface area contributed by atoms with Crippen molar-refractivity contribution in [2.24, 2.45) is 0 Å². The van der Waals surface area contributed by atoms with Crippen molar-refractivity contribution < 1.29 is 14.7 Å². The number of anilines is 1. The van der Waals surface area contributed by atoms with Gasteiger partial charge in [-0.25, -0.2) is 0 Å². The van der Waals surface area contributed by atoms with Crippen LogP contribution < -0.4 is 5.32 Å². The molecule has 0 aliphatic carbocycles. The van der Waals surface area contributed by atoms with E-state index >= 15 is 0 Å². The summed E-state index contributed by atoms with van der Waals surface area (Å²) >= 11 is 0. The predicted octanol–water partition coefficient (Wildman–Crippen LogP) is 5.19. The number of carbonyl (C=O) groups is 2. The number of aliphatic carboxylic acids is 1. The number of rotatable bonds is 6. The zero-order valence-electron chi connectivity index (χ0n) is 17.6. The number of carboxylic acid groups (broad SMARTS) is 1. The maximum atomic E-state index is 12.4. The molecule has 0 bridgehead atoms. The molecule has 0 unspecified atom stereocenters. The van der Waals surface area contributed by atoms with Crippen LogP contribution in [0.3, 0.4) is 0 Å². The molecular weight excluding hydrogens is 388 g/mol. The number of carboxylic acids is 1. The minimum absolute atomic E-state index is 0.0592. The largest absolute Gasteiger partial charge is 0.480 e. The number of nitrogens with one attached hydrogen (secondary N) is 1. The number of fused-ring (bicyclic) bond motifs is 1. The smallest absolute Gasteiger partial charge is 0.323 e. The second-order valence-electron chi connectivity index (χ2n) is 7.75. The second-order valence-corrected chi connectivity index (χ2v) is 7.75. The van der Waals surface area contributed by atoms with E-state index in [0.717, 1.165) is 39.0 Å². The van der Waals surface area contributed by atoms with Gasteiger partial charge >= 0.3 is 5.97 Å². The third-order valence-corrected chi connectivity index (χ3v) is 5.56. The quantitative estimate of drug-likeness (QED) is 0.458. The molecule has 2 N–H and O–H groups in total. The molecule has 0 radical (unpaired) electrons. The molecule has 0 atom stereocenters. The van der Waals surface area contributed by atoms with Crippen LogP contribution in [0.15, 0.2) is 72.8 Å². The lowest BCUT2D eigenvalue weighted by Gasteiger charge is -2.08. The lowest BCUT2D eigenvalue weighted by molar-refractivity contribution is -0.137. The van der Waals surface area contributed by atoms with Crippen LogP contribution in [0.1, 0.15) is 32.7 Å². The lowest BCUT2D eigenvalue weighted by Crippen LogP contribution is -2.11. The first-order chi connectivity index (χ1) is 14.9. The maximum Gasteiger partial charge on any atom is 0.323 e. The van der Waals surface area contributed by atoms with Crippen molar-refractivity contribution in [1.82, 2.24) is 4.57 Å². The Morgan fingerprint density at radius 2 is 1.58 bits per heavy atom. The minimum atomic E-state index is -0.857. The highest BCUT2D eigenvalue weighted by Crippen LogP contribution is 2.28. The molecule has 0 saturated heterocycles. The molecular formula is C26H24N2O3. The zero-order valence-corrected chi connectivity index (χ0v) is 17.6. The number of nitrogens with zero attached hydrogens (tertiary/aromatic N) is 1. The van der Waals surface area contributed by atoms with Crippen molar-refractivity contribution in [3.63, 3.8) is 0 Å². The fourth-order valence-corrected chi connectivity index (χ4v) is 3.88. The number of hydrogen-bond acceptors (Lipinski definition) is 2. The third kappa shape index (κ3) is 4.36. The summed E-state index contributed by atoms with van der Waals surface area (Å²) in [6.07, 6.45) is 0.686. The summed E-state index contributed by atoms with van der Waals surface area (Å²) < 4.78 is 1.85. The van der Waals surface area contributed by atoms with E-state index < -0.39 is 5.97 Å². The van der Waals surface area contributed by atoms with Gasteiger partial charge in [-0.1, -0.05) is 48.0 Å². The topological polar surface area (TPSA) is 71.3 Å². The predicted molar refractivity (Wildman–Crippen MR) is 123 cm³/mol. The zero-order chi connectivity index (χ0) is 22.0. The molecule has 5 nitrogen and oxygen atoms in total. The van der Waals surface area contributed by atoms with Gasteiger partial charge in [0.1, 0.15) is 6.54 Å². The van der Waals surface area contributed by atoms with Gasteiger partial charge in [-0.3, -0.25) is 9.59 Å². The van der Waals surface area contributed by atoms with Crippen LogP contribution in [0.4, 0.5) is 5.69 Å². The van der Waals surface area contributed by atoms with Gasteiger partial charge in [0.15, 0.2) is 0 Å². The summed E-state index contributed by atoms with van der Waals surface area (Å²) in [5.41, 5.74) is 6.57. The normalized spacial score (nSPS) is 10.9. The average molecular weight is 412 g/mol. The highest BCUT2D eigenvalue weighted by atomic mass is 16.4. The van der Waals surface area contributed by atoms with Gasteiger partial charge in [-0.2, -0.15) is 0 Å². The Labute approximate surface area is 181 Å². The van der Waals surface area contributed by atoms with Gasteiger partial charge < -0.3 is 15.0 Å². The first kappa shape index (κ1) is 20.4. The van der Waals surface area contributed by atoms with Crippen LogP contribution in [-0.4, -0.2) is 21.6 Å². The fraction of sp³-hybridized carbons (Fsp3) is 0.154. The van der Waals surface area contributed by atoms with E-state index in [1.165, 1.54) is 0 Å². The molecule has 3 aromatic carbocycles. The van der Waals surface area contributed by atoms with Crippen molar-refractivity contribution in [3.05, 3.63) is 101 Å².